The largest absolute Gasteiger partial charge is 0.472 e. The maximum absolute atomic E-state index is 13.3. The fourth-order valence-corrected chi connectivity index (χ4v) is 7.14. The van der Waals surface area contributed by atoms with Crippen molar-refractivity contribution in [2.75, 3.05) is 38.4 Å². The van der Waals surface area contributed by atoms with E-state index < -0.39 is 64.2 Å². The van der Waals surface area contributed by atoms with Crippen LogP contribution in [0.5, 0.6) is 0 Å². The molecule has 4 aromatic heterocycles. The summed E-state index contributed by atoms with van der Waals surface area (Å²) in [5.74, 6) is -0.0102. The quantitative estimate of drug-likeness (QED) is 0.127. The Bertz CT molecular complexity index is 1950. The SMILES string of the molecule is COP(=O)(O)OC[C@@H]1C[C@@H](OP(=O)(O)OC[C@]23CO[C@H](C2)[C@H](n2cnc4c(N)ncnc42)O3)[C@H](n2cnc3c(=O)[nH]c(N)nc32)O1. The third kappa shape index (κ3) is 5.71. The lowest BCUT2D eigenvalue weighted by molar-refractivity contribution is -0.181. The van der Waals surface area contributed by atoms with Gasteiger partial charge in [0.05, 0.1) is 38.6 Å². The van der Waals surface area contributed by atoms with Gasteiger partial charge in [0, 0.05) is 20.0 Å². The van der Waals surface area contributed by atoms with E-state index in [9.17, 15) is 23.7 Å². The third-order valence-electron chi connectivity index (χ3n) is 7.77. The molecule has 0 aliphatic carbocycles. The molecule has 0 spiro atoms. The van der Waals surface area contributed by atoms with Gasteiger partial charge in [-0.25, -0.2) is 29.1 Å². The van der Waals surface area contributed by atoms with Gasteiger partial charge >= 0.3 is 15.6 Å². The van der Waals surface area contributed by atoms with E-state index in [4.69, 9.17) is 39.2 Å². The van der Waals surface area contributed by atoms with Crippen LogP contribution in [-0.2, 0) is 41.4 Å². The number of nitrogens with zero attached hydrogens (tertiary/aromatic N) is 7. The number of nitrogen functional groups attached to an aromatic ring is 2. The van der Waals surface area contributed by atoms with Crippen molar-refractivity contribution in [2.45, 2.75) is 49.2 Å². The Morgan fingerprint density at radius 1 is 1.07 bits per heavy atom. The number of imidazole rings is 2. The Kier molecular flexibility index (Phi) is 7.73. The number of aromatic amines is 1. The second-order valence-electron chi connectivity index (χ2n) is 10.8. The molecule has 46 heavy (non-hydrogen) atoms. The van der Waals surface area contributed by atoms with Crippen LogP contribution < -0.4 is 17.0 Å². The highest BCUT2D eigenvalue weighted by molar-refractivity contribution is 7.47. The van der Waals surface area contributed by atoms with Crippen LogP contribution in [0.15, 0.2) is 23.8 Å². The zero-order chi connectivity index (χ0) is 32.4. The van der Waals surface area contributed by atoms with Crippen molar-refractivity contribution in [3.63, 3.8) is 0 Å². The zero-order valence-electron chi connectivity index (χ0n) is 23.8. The molecule has 7 N–H and O–H groups in total. The van der Waals surface area contributed by atoms with Crippen molar-refractivity contribution in [1.29, 1.82) is 0 Å². The molecule has 24 heteroatoms. The molecule has 2 bridgehead atoms. The maximum atomic E-state index is 13.3. The molecule has 2 unspecified atom stereocenters. The summed E-state index contributed by atoms with van der Waals surface area (Å²) in [4.78, 5) is 55.7. The Morgan fingerprint density at radius 3 is 2.61 bits per heavy atom. The number of anilines is 2. The number of nitrogens with one attached hydrogen (secondary N) is 1. The van der Waals surface area contributed by atoms with Gasteiger partial charge < -0.3 is 35.5 Å². The van der Waals surface area contributed by atoms with Gasteiger partial charge in [0.2, 0.25) is 5.95 Å². The minimum atomic E-state index is -4.85. The average Bonchev–Trinajstić information content (AvgIpc) is 3.83. The molecule has 3 aliphatic rings. The van der Waals surface area contributed by atoms with E-state index in [1.54, 1.807) is 4.57 Å². The van der Waals surface area contributed by atoms with Crippen LogP contribution in [-0.4, -0.2) is 99.7 Å². The summed E-state index contributed by atoms with van der Waals surface area (Å²) in [7, 11) is -8.23. The zero-order valence-corrected chi connectivity index (χ0v) is 25.6. The fourth-order valence-electron chi connectivity index (χ4n) is 5.69. The molecule has 7 rings (SSSR count). The lowest BCUT2D eigenvalue weighted by Crippen LogP contribution is -2.39. The second-order valence-corrected chi connectivity index (χ2v) is 13.8. The summed E-state index contributed by atoms with van der Waals surface area (Å²) < 4.78 is 66.6. The first-order valence-electron chi connectivity index (χ1n) is 13.6. The van der Waals surface area contributed by atoms with Crippen LogP contribution in [0.25, 0.3) is 22.3 Å². The number of phosphoric ester groups is 2. The summed E-state index contributed by atoms with van der Waals surface area (Å²) >= 11 is 0. The Morgan fingerprint density at radius 2 is 1.83 bits per heavy atom. The van der Waals surface area contributed by atoms with Crippen LogP contribution >= 0.6 is 15.6 Å². The van der Waals surface area contributed by atoms with Crippen LogP contribution in [0.2, 0.25) is 0 Å². The number of H-pyrrole nitrogens is 1. The van der Waals surface area contributed by atoms with Crippen molar-refractivity contribution < 1.29 is 51.2 Å². The Balaban J connectivity index is 1.08. The number of nitrogens with two attached hydrogens (primary N) is 2. The predicted molar refractivity (Wildman–Crippen MR) is 151 cm³/mol. The highest BCUT2D eigenvalue weighted by atomic mass is 31.2. The van der Waals surface area contributed by atoms with Crippen LogP contribution in [0, 0.1) is 0 Å². The standard InChI is InChI=1S/C22H28N10O12P2/c1-38-45(34,35)40-4-10-2-11(19(42-10)32-9-28-14-17(32)29-21(24)30-18(14)33)44-46(36,37)41-6-22-3-12(39-5-22)20(43-22)31-8-27-13-15(23)25-7-26-16(13)31/h7-12,19-20H,2-6H2,1H3,(H,34,35)(H,36,37)(H2,23,25,26)(H3,24,29,30,33)/t10-,11+,12+,19+,20+,22+/m0/s1. The fraction of sp³-hybridized carbons (Fsp3) is 0.545. The minimum absolute atomic E-state index is 0.00249. The van der Waals surface area contributed by atoms with Gasteiger partial charge in [0.15, 0.2) is 35.1 Å². The van der Waals surface area contributed by atoms with Crippen molar-refractivity contribution in [3.8, 4) is 0 Å². The number of ether oxygens (including phenoxy) is 3. The predicted octanol–water partition coefficient (Wildman–Crippen LogP) is -0.266. The molecule has 22 nitrogen and oxygen atoms in total. The molecule has 3 saturated heterocycles. The van der Waals surface area contributed by atoms with Crippen molar-refractivity contribution in [3.05, 3.63) is 29.3 Å². The molecule has 0 amide bonds. The molecule has 7 heterocycles. The normalized spacial score (nSPS) is 30.3. The van der Waals surface area contributed by atoms with E-state index in [1.165, 1.54) is 23.5 Å². The molecular formula is C22H28N10O12P2. The van der Waals surface area contributed by atoms with Crippen LogP contribution in [0.1, 0.15) is 25.3 Å². The second kappa shape index (κ2) is 11.4. The van der Waals surface area contributed by atoms with Crippen molar-refractivity contribution in [2.24, 2.45) is 0 Å². The molecule has 3 fully saturated rings. The van der Waals surface area contributed by atoms with Crippen molar-refractivity contribution >= 4 is 49.7 Å². The summed E-state index contributed by atoms with van der Waals surface area (Å²) in [5, 5.41) is 0. The number of phosphoric acid groups is 2. The lowest BCUT2D eigenvalue weighted by atomic mass is 10.0. The van der Waals surface area contributed by atoms with E-state index in [-0.39, 0.29) is 42.6 Å². The lowest BCUT2D eigenvalue weighted by Gasteiger charge is -2.31. The van der Waals surface area contributed by atoms with Crippen molar-refractivity contribution in [1.82, 2.24) is 39.0 Å². The number of rotatable bonds is 11. The van der Waals surface area contributed by atoms with Gasteiger partial charge in [0.1, 0.15) is 29.7 Å². The molecule has 0 saturated carbocycles. The highest BCUT2D eigenvalue weighted by Gasteiger charge is 2.56. The van der Waals surface area contributed by atoms with Crippen LogP contribution in [0.4, 0.5) is 11.8 Å². The molecular weight excluding hydrogens is 658 g/mol. The first-order valence-corrected chi connectivity index (χ1v) is 16.6. The summed E-state index contributed by atoms with van der Waals surface area (Å²) in [6.45, 7) is -0.755. The number of fused-ring (bicyclic) bond motifs is 4. The monoisotopic (exact) mass is 686 g/mol. The van der Waals surface area contributed by atoms with E-state index in [1.807, 2.05) is 0 Å². The molecule has 4 aromatic rings. The molecule has 248 valence electrons. The average molecular weight is 686 g/mol. The minimum Gasteiger partial charge on any atom is -0.382 e. The molecule has 0 aromatic carbocycles. The molecule has 0 radical (unpaired) electrons. The maximum Gasteiger partial charge on any atom is 0.472 e. The summed E-state index contributed by atoms with van der Waals surface area (Å²) in [6, 6.07) is 0. The van der Waals surface area contributed by atoms with Gasteiger partial charge in [0.25, 0.3) is 5.56 Å². The molecule has 8 atom stereocenters. The van der Waals surface area contributed by atoms with Gasteiger partial charge in [-0.05, 0) is 0 Å². The first kappa shape index (κ1) is 31.2. The van der Waals surface area contributed by atoms with E-state index >= 15 is 0 Å². The van der Waals surface area contributed by atoms with E-state index in [0.29, 0.717) is 17.6 Å². The van der Waals surface area contributed by atoms with E-state index in [0.717, 1.165) is 7.11 Å². The third-order valence-corrected chi connectivity index (χ3v) is 9.70. The summed E-state index contributed by atoms with van der Waals surface area (Å²) in [5.41, 5.74) is 10.6. The smallest absolute Gasteiger partial charge is 0.382 e. The highest BCUT2D eigenvalue weighted by Crippen LogP contribution is 2.53. The van der Waals surface area contributed by atoms with Gasteiger partial charge in [-0.1, -0.05) is 0 Å². The topological polar surface area (TPSA) is 298 Å². The van der Waals surface area contributed by atoms with Crippen LogP contribution in [0.3, 0.4) is 0 Å². The number of hydrogen-bond acceptors (Lipinski definition) is 17. The van der Waals surface area contributed by atoms with E-state index in [2.05, 4.69) is 34.4 Å². The number of aromatic nitrogens is 8. The first-order chi connectivity index (χ1) is 21.9. The van der Waals surface area contributed by atoms with Gasteiger partial charge in [-0.15, -0.1) is 0 Å². The Labute approximate surface area is 257 Å². The molecule has 3 aliphatic heterocycles. The van der Waals surface area contributed by atoms with Gasteiger partial charge in [-0.2, -0.15) is 4.98 Å². The van der Waals surface area contributed by atoms with Gasteiger partial charge in [-0.3, -0.25) is 37.0 Å². The summed E-state index contributed by atoms with van der Waals surface area (Å²) in [6.07, 6.45) is -0.262. The number of hydrogen-bond donors (Lipinski definition) is 5. The Hall–Kier alpha value is -3.40.